The van der Waals surface area contributed by atoms with Crippen LogP contribution in [0, 0.1) is 0 Å². The van der Waals surface area contributed by atoms with Gasteiger partial charge in [0.05, 0.1) is 6.54 Å². The van der Waals surface area contributed by atoms with Gasteiger partial charge in [0, 0.05) is 6.54 Å². The molecule has 1 unspecified atom stereocenters. The van der Waals surface area contributed by atoms with Gasteiger partial charge in [-0.1, -0.05) is 12.2 Å². The molecule has 4 heteroatoms. The average molecular weight is 182 g/mol. The monoisotopic (exact) mass is 182 g/mol. The molecule has 1 fully saturated rings. The van der Waals surface area contributed by atoms with Gasteiger partial charge in [0.15, 0.2) is 0 Å². The fraction of sp³-hybridized carbons (Fsp3) is 0.556. The van der Waals surface area contributed by atoms with Crippen molar-refractivity contribution in [2.75, 3.05) is 13.1 Å². The lowest BCUT2D eigenvalue weighted by molar-refractivity contribution is -0.144. The van der Waals surface area contributed by atoms with Crippen LogP contribution in [0.15, 0.2) is 12.2 Å². The predicted octanol–water partition coefficient (Wildman–Crippen LogP) is -0.0906. The zero-order valence-electron chi connectivity index (χ0n) is 7.96. The van der Waals surface area contributed by atoms with Crippen molar-refractivity contribution in [3.8, 4) is 0 Å². The van der Waals surface area contributed by atoms with Crippen LogP contribution in [0.3, 0.4) is 0 Å². The van der Waals surface area contributed by atoms with E-state index >= 15 is 0 Å². The summed E-state index contributed by atoms with van der Waals surface area (Å²) < 4.78 is 0. The van der Waals surface area contributed by atoms with E-state index < -0.39 is 0 Å². The van der Waals surface area contributed by atoms with E-state index in [0.717, 1.165) is 5.57 Å². The second-order valence-electron chi connectivity index (χ2n) is 3.37. The van der Waals surface area contributed by atoms with E-state index in [9.17, 15) is 9.59 Å². The minimum atomic E-state index is -0.377. The second-order valence-corrected chi connectivity index (χ2v) is 3.37. The summed E-state index contributed by atoms with van der Waals surface area (Å²) in [5.41, 5.74) is 0.884. The molecule has 1 aliphatic heterocycles. The summed E-state index contributed by atoms with van der Waals surface area (Å²) in [4.78, 5) is 24.1. The van der Waals surface area contributed by atoms with E-state index in [1.807, 2.05) is 6.92 Å². The molecule has 1 heterocycles. The van der Waals surface area contributed by atoms with E-state index in [0.29, 0.717) is 6.54 Å². The smallest absolute Gasteiger partial charge is 0.242 e. The largest absolute Gasteiger partial charge is 0.345 e. The maximum atomic E-state index is 11.4. The molecule has 2 amide bonds. The highest BCUT2D eigenvalue weighted by Gasteiger charge is 2.30. The number of amides is 2. The van der Waals surface area contributed by atoms with Gasteiger partial charge in [0.1, 0.15) is 6.04 Å². The number of piperazine rings is 1. The maximum Gasteiger partial charge on any atom is 0.242 e. The summed E-state index contributed by atoms with van der Waals surface area (Å²) in [7, 11) is 0. The average Bonchev–Trinajstić information content (AvgIpc) is 2.05. The van der Waals surface area contributed by atoms with Gasteiger partial charge in [0.25, 0.3) is 0 Å². The van der Waals surface area contributed by atoms with Crippen molar-refractivity contribution in [3.05, 3.63) is 12.2 Å². The van der Waals surface area contributed by atoms with E-state index in [2.05, 4.69) is 11.9 Å². The lowest BCUT2D eigenvalue weighted by Gasteiger charge is -2.32. The normalized spacial score (nSPS) is 22.9. The predicted molar refractivity (Wildman–Crippen MR) is 49.0 cm³/mol. The molecular formula is C9H14N2O2. The molecule has 13 heavy (non-hydrogen) atoms. The first-order valence-corrected chi connectivity index (χ1v) is 4.24. The highest BCUT2D eigenvalue weighted by molar-refractivity contribution is 5.94. The van der Waals surface area contributed by atoms with Crippen LogP contribution in [0.5, 0.6) is 0 Å². The quantitative estimate of drug-likeness (QED) is 0.607. The molecule has 0 spiro atoms. The van der Waals surface area contributed by atoms with Crippen LogP contribution in [-0.4, -0.2) is 35.8 Å². The SMILES string of the molecule is C=C(C)CN1C(=O)CNC(=O)C1C. The Morgan fingerprint density at radius 1 is 1.69 bits per heavy atom. The molecule has 1 aliphatic rings. The van der Waals surface area contributed by atoms with Gasteiger partial charge in [-0.05, 0) is 13.8 Å². The molecule has 1 saturated heterocycles. The Bertz CT molecular complexity index is 260. The Morgan fingerprint density at radius 3 is 2.85 bits per heavy atom. The van der Waals surface area contributed by atoms with Crippen molar-refractivity contribution < 1.29 is 9.59 Å². The Kier molecular flexibility index (Phi) is 2.70. The van der Waals surface area contributed by atoms with Crippen molar-refractivity contribution in [1.29, 1.82) is 0 Å². The van der Waals surface area contributed by atoms with Gasteiger partial charge in [-0.3, -0.25) is 9.59 Å². The van der Waals surface area contributed by atoms with Gasteiger partial charge in [-0.2, -0.15) is 0 Å². The molecule has 0 aromatic heterocycles. The van der Waals surface area contributed by atoms with Crippen molar-refractivity contribution in [1.82, 2.24) is 10.2 Å². The molecule has 0 aliphatic carbocycles. The van der Waals surface area contributed by atoms with E-state index in [4.69, 9.17) is 0 Å². The number of rotatable bonds is 2. The van der Waals surface area contributed by atoms with Crippen LogP contribution in [0.4, 0.5) is 0 Å². The lowest BCUT2D eigenvalue weighted by atomic mass is 10.1. The Hall–Kier alpha value is -1.32. The molecule has 1 N–H and O–H groups in total. The van der Waals surface area contributed by atoms with Gasteiger partial charge in [-0.15, -0.1) is 0 Å². The van der Waals surface area contributed by atoms with Crippen molar-refractivity contribution in [3.63, 3.8) is 0 Å². The van der Waals surface area contributed by atoms with Gasteiger partial charge in [-0.25, -0.2) is 0 Å². The summed E-state index contributed by atoms with van der Waals surface area (Å²) >= 11 is 0. The Balaban J connectivity index is 2.72. The van der Waals surface area contributed by atoms with E-state index in [1.165, 1.54) is 0 Å². The molecule has 0 radical (unpaired) electrons. The number of hydrogen-bond acceptors (Lipinski definition) is 2. The van der Waals surface area contributed by atoms with Crippen LogP contribution in [0.1, 0.15) is 13.8 Å². The minimum Gasteiger partial charge on any atom is -0.345 e. The van der Waals surface area contributed by atoms with Crippen LogP contribution < -0.4 is 5.32 Å². The van der Waals surface area contributed by atoms with Crippen LogP contribution in [-0.2, 0) is 9.59 Å². The molecule has 0 saturated carbocycles. The first-order chi connectivity index (χ1) is 6.02. The fourth-order valence-corrected chi connectivity index (χ4v) is 1.29. The molecule has 1 rings (SSSR count). The molecular weight excluding hydrogens is 168 g/mol. The lowest BCUT2D eigenvalue weighted by Crippen LogP contribution is -2.57. The zero-order chi connectivity index (χ0) is 10.0. The molecule has 72 valence electrons. The first kappa shape index (κ1) is 9.77. The second kappa shape index (κ2) is 3.60. The fourth-order valence-electron chi connectivity index (χ4n) is 1.29. The van der Waals surface area contributed by atoms with E-state index in [1.54, 1.807) is 11.8 Å². The first-order valence-electron chi connectivity index (χ1n) is 4.24. The van der Waals surface area contributed by atoms with Crippen LogP contribution in [0.25, 0.3) is 0 Å². The molecule has 1 atom stereocenters. The third kappa shape index (κ3) is 2.08. The van der Waals surface area contributed by atoms with Crippen LogP contribution >= 0.6 is 0 Å². The molecule has 0 aromatic rings. The van der Waals surface area contributed by atoms with Crippen LogP contribution in [0.2, 0.25) is 0 Å². The number of carbonyl (C=O) groups excluding carboxylic acids is 2. The molecule has 0 aromatic carbocycles. The summed E-state index contributed by atoms with van der Waals surface area (Å²) in [5.74, 6) is -0.143. The van der Waals surface area contributed by atoms with Crippen molar-refractivity contribution >= 4 is 11.8 Å². The van der Waals surface area contributed by atoms with Crippen molar-refractivity contribution in [2.45, 2.75) is 19.9 Å². The van der Waals surface area contributed by atoms with Crippen molar-refractivity contribution in [2.24, 2.45) is 0 Å². The summed E-state index contributed by atoms with van der Waals surface area (Å²) in [6, 6.07) is -0.377. The topological polar surface area (TPSA) is 49.4 Å². The van der Waals surface area contributed by atoms with Gasteiger partial charge >= 0.3 is 0 Å². The minimum absolute atomic E-state index is 0.0462. The molecule has 0 bridgehead atoms. The summed E-state index contributed by atoms with van der Waals surface area (Å²) in [6.45, 7) is 7.85. The highest BCUT2D eigenvalue weighted by Crippen LogP contribution is 2.07. The maximum absolute atomic E-state index is 11.4. The van der Waals surface area contributed by atoms with E-state index in [-0.39, 0.29) is 24.4 Å². The summed E-state index contributed by atoms with van der Waals surface area (Å²) in [5, 5.41) is 2.52. The third-order valence-corrected chi connectivity index (χ3v) is 2.02. The zero-order valence-corrected chi connectivity index (χ0v) is 7.96. The Morgan fingerprint density at radius 2 is 2.31 bits per heavy atom. The standard InChI is InChI=1S/C9H14N2O2/c1-6(2)5-11-7(3)9(13)10-4-8(11)12/h7H,1,4-5H2,2-3H3,(H,10,13). The number of nitrogens with zero attached hydrogens (tertiary/aromatic N) is 1. The molecule has 4 nitrogen and oxygen atoms in total. The highest BCUT2D eigenvalue weighted by atomic mass is 16.2. The van der Waals surface area contributed by atoms with Gasteiger partial charge < -0.3 is 10.2 Å². The summed E-state index contributed by atoms with van der Waals surface area (Å²) in [6.07, 6.45) is 0. The Labute approximate surface area is 77.6 Å². The van der Waals surface area contributed by atoms with Gasteiger partial charge in [0.2, 0.25) is 11.8 Å². The number of nitrogens with one attached hydrogen (secondary N) is 1. The number of carbonyl (C=O) groups is 2. The number of hydrogen-bond donors (Lipinski definition) is 1. The third-order valence-electron chi connectivity index (χ3n) is 2.02.